The van der Waals surface area contributed by atoms with E-state index in [9.17, 15) is 0 Å². The van der Waals surface area contributed by atoms with Gasteiger partial charge in [-0.25, -0.2) is 4.98 Å². The van der Waals surface area contributed by atoms with Crippen LogP contribution in [0, 0.1) is 0 Å². The Morgan fingerprint density at radius 2 is 2.03 bits per heavy atom. The molecule has 4 aromatic heterocycles. The summed E-state index contributed by atoms with van der Waals surface area (Å²) in [5.41, 5.74) is 9.30. The van der Waals surface area contributed by atoms with Crippen LogP contribution in [-0.2, 0) is 0 Å². The Morgan fingerprint density at radius 3 is 2.87 bits per heavy atom. The number of anilines is 2. The van der Waals surface area contributed by atoms with E-state index in [1.165, 1.54) is 0 Å². The topological polar surface area (TPSA) is 144 Å². The predicted octanol–water partition coefficient (Wildman–Crippen LogP) is 0.961. The van der Waals surface area contributed by atoms with E-state index >= 15 is 0 Å². The van der Waals surface area contributed by atoms with Crippen LogP contribution in [0.1, 0.15) is 18.9 Å². The van der Waals surface area contributed by atoms with E-state index in [1.54, 1.807) is 22.8 Å². The third kappa shape index (κ3) is 3.80. The standard InChI is InChI=1S/C20H24N10O/c21-19-16(20-27-26-18-2-1-17(23-7-8-31)28-30(18)20)9-13(10-24-19)14-11-25-29(12-14)15-3-5-22-6-4-15/h1-2,9-12,15,22,31H,3-8H2,(H2,21,24)(H,23,28). The number of piperidine rings is 1. The number of aromatic nitrogens is 7. The monoisotopic (exact) mass is 420 g/mol. The molecule has 0 unspecified atom stereocenters. The highest BCUT2D eigenvalue weighted by atomic mass is 16.3. The van der Waals surface area contributed by atoms with Crippen molar-refractivity contribution in [2.45, 2.75) is 18.9 Å². The van der Waals surface area contributed by atoms with Gasteiger partial charge < -0.3 is 21.5 Å². The molecular weight excluding hydrogens is 396 g/mol. The van der Waals surface area contributed by atoms with Crippen LogP contribution in [-0.4, -0.2) is 65.9 Å². The highest BCUT2D eigenvalue weighted by Crippen LogP contribution is 2.29. The summed E-state index contributed by atoms with van der Waals surface area (Å²) >= 11 is 0. The van der Waals surface area contributed by atoms with Crippen LogP contribution in [0.25, 0.3) is 28.2 Å². The highest BCUT2D eigenvalue weighted by molar-refractivity contribution is 5.76. The number of nitrogens with one attached hydrogen (secondary N) is 2. The number of hydrogen-bond acceptors (Lipinski definition) is 9. The summed E-state index contributed by atoms with van der Waals surface area (Å²) in [6.07, 6.45) is 7.79. The number of aliphatic hydroxyl groups is 1. The predicted molar refractivity (Wildman–Crippen MR) is 116 cm³/mol. The van der Waals surface area contributed by atoms with Crippen molar-refractivity contribution in [3.63, 3.8) is 0 Å². The summed E-state index contributed by atoms with van der Waals surface area (Å²) in [6.45, 7) is 2.43. The second kappa shape index (κ2) is 8.28. The Balaban J connectivity index is 1.50. The first kappa shape index (κ1) is 19.4. The fourth-order valence-electron chi connectivity index (χ4n) is 3.81. The largest absolute Gasteiger partial charge is 0.395 e. The SMILES string of the molecule is Nc1ncc(-c2cnn(C3CCNCC3)c2)cc1-c1nnc2ccc(NCCO)nn12. The van der Waals surface area contributed by atoms with Crippen molar-refractivity contribution in [3.8, 4) is 22.5 Å². The number of nitrogens with zero attached hydrogens (tertiary/aromatic N) is 7. The van der Waals surface area contributed by atoms with Gasteiger partial charge in [-0.05, 0) is 44.1 Å². The maximum absolute atomic E-state index is 9.04. The van der Waals surface area contributed by atoms with Gasteiger partial charge in [-0.1, -0.05) is 0 Å². The average molecular weight is 420 g/mol. The first-order chi connectivity index (χ1) is 15.2. The van der Waals surface area contributed by atoms with E-state index < -0.39 is 0 Å². The summed E-state index contributed by atoms with van der Waals surface area (Å²) in [5, 5.41) is 33.0. The Labute approximate surface area is 178 Å². The normalized spacial score (nSPS) is 14.9. The first-order valence-electron chi connectivity index (χ1n) is 10.3. The molecule has 0 bridgehead atoms. The molecule has 1 fully saturated rings. The average Bonchev–Trinajstić information content (AvgIpc) is 3.46. The van der Waals surface area contributed by atoms with Gasteiger partial charge >= 0.3 is 0 Å². The Morgan fingerprint density at radius 1 is 1.16 bits per heavy atom. The third-order valence-corrected chi connectivity index (χ3v) is 5.46. The van der Waals surface area contributed by atoms with Crippen molar-refractivity contribution in [1.82, 2.24) is 39.9 Å². The summed E-state index contributed by atoms with van der Waals surface area (Å²) < 4.78 is 3.66. The molecule has 0 amide bonds. The Bertz CT molecular complexity index is 1190. The first-order valence-corrected chi connectivity index (χ1v) is 10.3. The van der Waals surface area contributed by atoms with E-state index in [2.05, 4.69) is 42.2 Å². The quantitative estimate of drug-likeness (QED) is 0.358. The zero-order chi connectivity index (χ0) is 21.2. The van der Waals surface area contributed by atoms with Gasteiger partial charge in [0.15, 0.2) is 11.5 Å². The molecule has 31 heavy (non-hydrogen) atoms. The van der Waals surface area contributed by atoms with Crippen LogP contribution < -0.4 is 16.4 Å². The summed E-state index contributed by atoms with van der Waals surface area (Å²) in [6, 6.07) is 5.94. The van der Waals surface area contributed by atoms with Crippen molar-refractivity contribution in [2.24, 2.45) is 0 Å². The van der Waals surface area contributed by atoms with Gasteiger partial charge in [0.1, 0.15) is 11.6 Å². The van der Waals surface area contributed by atoms with Crippen molar-refractivity contribution in [2.75, 3.05) is 37.3 Å². The molecule has 0 spiro atoms. The van der Waals surface area contributed by atoms with Crippen molar-refractivity contribution in [1.29, 1.82) is 0 Å². The molecular formula is C20H24N10O. The number of nitrogen functional groups attached to an aromatic ring is 1. The molecule has 0 aliphatic carbocycles. The molecule has 4 aromatic rings. The fourth-order valence-corrected chi connectivity index (χ4v) is 3.81. The summed E-state index contributed by atoms with van der Waals surface area (Å²) in [5.74, 6) is 1.45. The molecule has 5 rings (SSSR count). The third-order valence-electron chi connectivity index (χ3n) is 5.46. The van der Waals surface area contributed by atoms with Crippen LogP contribution in [0.2, 0.25) is 0 Å². The zero-order valence-electron chi connectivity index (χ0n) is 16.9. The number of hydrogen-bond donors (Lipinski definition) is 4. The van der Waals surface area contributed by atoms with Crippen LogP contribution in [0.4, 0.5) is 11.6 Å². The maximum atomic E-state index is 9.04. The number of fused-ring (bicyclic) bond motifs is 1. The number of rotatable bonds is 6. The van der Waals surface area contributed by atoms with Crippen molar-refractivity contribution in [3.05, 3.63) is 36.8 Å². The molecule has 1 aliphatic heterocycles. The van der Waals surface area contributed by atoms with Crippen LogP contribution >= 0.6 is 0 Å². The fraction of sp³-hybridized carbons (Fsp3) is 0.350. The minimum absolute atomic E-state index is 0.0126. The van der Waals surface area contributed by atoms with E-state index in [1.807, 2.05) is 16.9 Å². The van der Waals surface area contributed by atoms with Gasteiger partial charge in [0.05, 0.1) is 24.4 Å². The van der Waals surface area contributed by atoms with Crippen molar-refractivity contribution < 1.29 is 5.11 Å². The second-order valence-corrected chi connectivity index (χ2v) is 7.51. The minimum atomic E-state index is 0.0126. The second-order valence-electron chi connectivity index (χ2n) is 7.51. The van der Waals surface area contributed by atoms with Gasteiger partial charge in [-0.15, -0.1) is 15.3 Å². The molecule has 160 valence electrons. The van der Waals surface area contributed by atoms with Gasteiger partial charge in [-0.2, -0.15) is 9.61 Å². The molecule has 11 heteroatoms. The number of nitrogens with two attached hydrogens (primary N) is 1. The molecule has 5 heterocycles. The van der Waals surface area contributed by atoms with Gasteiger partial charge in [0, 0.05) is 30.1 Å². The number of pyridine rings is 1. The molecule has 0 aromatic carbocycles. The Hall–Kier alpha value is -3.57. The maximum Gasteiger partial charge on any atom is 0.189 e. The van der Waals surface area contributed by atoms with Crippen molar-refractivity contribution >= 4 is 17.3 Å². The lowest BCUT2D eigenvalue weighted by Gasteiger charge is -2.22. The molecule has 0 atom stereocenters. The van der Waals surface area contributed by atoms with E-state index in [-0.39, 0.29) is 6.61 Å². The van der Waals surface area contributed by atoms with Gasteiger partial charge in [-0.3, -0.25) is 4.68 Å². The zero-order valence-corrected chi connectivity index (χ0v) is 16.9. The lowest BCUT2D eigenvalue weighted by molar-refractivity contribution is 0.311. The molecule has 0 radical (unpaired) electrons. The molecule has 5 N–H and O–H groups in total. The highest BCUT2D eigenvalue weighted by Gasteiger charge is 2.18. The van der Waals surface area contributed by atoms with Crippen LogP contribution in [0.15, 0.2) is 36.8 Å². The molecule has 1 saturated heterocycles. The summed E-state index contributed by atoms with van der Waals surface area (Å²) in [4.78, 5) is 4.39. The van der Waals surface area contributed by atoms with E-state index in [4.69, 9.17) is 10.8 Å². The molecule has 11 nitrogen and oxygen atoms in total. The van der Waals surface area contributed by atoms with E-state index in [0.717, 1.165) is 37.1 Å². The van der Waals surface area contributed by atoms with Gasteiger partial charge in [0.2, 0.25) is 0 Å². The van der Waals surface area contributed by atoms with E-state index in [0.29, 0.717) is 41.3 Å². The number of aliphatic hydroxyl groups excluding tert-OH is 1. The lowest BCUT2D eigenvalue weighted by atomic mass is 10.1. The van der Waals surface area contributed by atoms with Crippen LogP contribution in [0.3, 0.4) is 0 Å². The van der Waals surface area contributed by atoms with Gasteiger partial charge in [0.25, 0.3) is 0 Å². The minimum Gasteiger partial charge on any atom is -0.395 e. The molecule has 1 aliphatic rings. The lowest BCUT2D eigenvalue weighted by Crippen LogP contribution is -2.29. The van der Waals surface area contributed by atoms with Crippen LogP contribution in [0.5, 0.6) is 0 Å². The molecule has 0 saturated carbocycles. The Kier molecular flexibility index (Phi) is 5.18. The smallest absolute Gasteiger partial charge is 0.189 e. The summed E-state index contributed by atoms with van der Waals surface area (Å²) in [7, 11) is 0.